The van der Waals surface area contributed by atoms with E-state index in [2.05, 4.69) is 4.74 Å². The van der Waals surface area contributed by atoms with Crippen LogP contribution in [-0.4, -0.2) is 30.2 Å². The summed E-state index contributed by atoms with van der Waals surface area (Å²) in [6.07, 6.45) is -8.71. The summed E-state index contributed by atoms with van der Waals surface area (Å²) in [7, 11) is 0. The number of ether oxygens (including phenoxy) is 1. The van der Waals surface area contributed by atoms with Crippen LogP contribution < -0.4 is 10.5 Å². The number of aliphatic hydroxyl groups excluding tert-OH is 1. The molecule has 0 saturated heterocycles. The number of alkyl halides is 6. The molecule has 0 spiro atoms. The predicted octanol–water partition coefficient (Wildman–Crippen LogP) is 2.55. The molecule has 1 atom stereocenters. The molecular formula is C11H11F6NO2. The van der Waals surface area contributed by atoms with Crippen molar-refractivity contribution in [2.45, 2.75) is 24.5 Å². The van der Waals surface area contributed by atoms with E-state index in [1.807, 2.05) is 0 Å². The minimum atomic E-state index is -4.68. The summed E-state index contributed by atoms with van der Waals surface area (Å²) in [6, 6.07) is 1.59. The Morgan fingerprint density at radius 3 is 2.00 bits per heavy atom. The maximum atomic E-state index is 13.1. The van der Waals surface area contributed by atoms with Crippen molar-refractivity contribution < 1.29 is 36.2 Å². The monoisotopic (exact) mass is 303 g/mol. The topological polar surface area (TPSA) is 55.5 Å². The Morgan fingerprint density at radius 2 is 1.60 bits per heavy atom. The lowest BCUT2D eigenvalue weighted by atomic mass is 10.0. The van der Waals surface area contributed by atoms with Gasteiger partial charge in [-0.1, -0.05) is 12.1 Å². The summed E-state index contributed by atoms with van der Waals surface area (Å²) < 4.78 is 78.9. The van der Waals surface area contributed by atoms with Crippen molar-refractivity contribution in [3.63, 3.8) is 0 Å². The third kappa shape index (κ3) is 3.76. The summed E-state index contributed by atoms with van der Waals surface area (Å²) in [6.45, 7) is -1.49. The highest BCUT2D eigenvalue weighted by Gasteiger charge is 2.44. The molecule has 3 nitrogen and oxygen atoms in total. The molecule has 0 amide bonds. The third-order valence-electron chi connectivity index (χ3n) is 2.41. The summed E-state index contributed by atoms with van der Waals surface area (Å²) in [5.74, 6) is -4.23. The Bertz CT molecular complexity index is 437. The number of halogens is 6. The molecule has 0 fully saturated rings. The van der Waals surface area contributed by atoms with Gasteiger partial charge in [-0.05, 0) is 17.7 Å². The molecule has 114 valence electrons. The predicted molar refractivity (Wildman–Crippen MR) is 57.0 cm³/mol. The number of aliphatic hydroxyl groups is 1. The maximum Gasteiger partial charge on any atom is 0.461 e. The van der Waals surface area contributed by atoms with Crippen LogP contribution in [-0.2, 0) is 0 Å². The zero-order valence-electron chi connectivity index (χ0n) is 9.87. The normalized spacial score (nSPS) is 14.4. The van der Waals surface area contributed by atoms with Crippen molar-refractivity contribution in [2.75, 3.05) is 6.61 Å². The second-order valence-electron chi connectivity index (χ2n) is 3.93. The van der Waals surface area contributed by atoms with E-state index in [1.54, 1.807) is 0 Å². The SMILES string of the molecule is N[C@H](c1ccc(OC(F)(F)C(F)F)cc1)C(F)(F)CO. The molecule has 0 saturated carbocycles. The van der Waals surface area contributed by atoms with Crippen LogP contribution in [0.5, 0.6) is 5.75 Å². The number of hydrogen-bond acceptors (Lipinski definition) is 3. The van der Waals surface area contributed by atoms with Crippen LogP contribution in [0.3, 0.4) is 0 Å². The van der Waals surface area contributed by atoms with E-state index in [0.29, 0.717) is 0 Å². The maximum absolute atomic E-state index is 13.1. The number of hydrogen-bond donors (Lipinski definition) is 2. The first kappa shape index (κ1) is 16.6. The Kier molecular flexibility index (Phi) is 4.87. The highest BCUT2D eigenvalue weighted by atomic mass is 19.3. The lowest BCUT2D eigenvalue weighted by molar-refractivity contribution is -0.253. The fourth-order valence-electron chi connectivity index (χ4n) is 1.29. The molecule has 1 rings (SSSR count). The van der Waals surface area contributed by atoms with Gasteiger partial charge in [-0.15, -0.1) is 0 Å². The second kappa shape index (κ2) is 5.88. The average Bonchev–Trinajstić information content (AvgIpc) is 2.38. The number of rotatable bonds is 6. The molecule has 9 heteroatoms. The van der Waals surface area contributed by atoms with Crippen LogP contribution >= 0.6 is 0 Å². The van der Waals surface area contributed by atoms with Crippen LogP contribution in [0.2, 0.25) is 0 Å². The summed E-state index contributed by atoms with van der Waals surface area (Å²) in [5, 5.41) is 8.46. The Labute approximate surface area is 109 Å². The molecule has 0 heterocycles. The molecule has 0 aliphatic carbocycles. The van der Waals surface area contributed by atoms with Gasteiger partial charge in [-0.3, -0.25) is 0 Å². The number of nitrogens with two attached hydrogens (primary N) is 1. The molecule has 0 bridgehead atoms. The van der Waals surface area contributed by atoms with Gasteiger partial charge >= 0.3 is 12.5 Å². The fourth-order valence-corrected chi connectivity index (χ4v) is 1.29. The van der Waals surface area contributed by atoms with E-state index >= 15 is 0 Å². The Balaban J connectivity index is 2.85. The molecular weight excluding hydrogens is 292 g/mol. The van der Waals surface area contributed by atoms with Gasteiger partial charge in [0.2, 0.25) is 0 Å². The van der Waals surface area contributed by atoms with Gasteiger partial charge in [-0.25, -0.2) is 8.78 Å². The van der Waals surface area contributed by atoms with Crippen molar-refractivity contribution >= 4 is 0 Å². The first-order valence-corrected chi connectivity index (χ1v) is 5.29. The molecule has 20 heavy (non-hydrogen) atoms. The Hall–Kier alpha value is -1.48. The molecule has 0 aliphatic rings. The Morgan fingerprint density at radius 1 is 1.10 bits per heavy atom. The van der Waals surface area contributed by atoms with E-state index in [0.717, 1.165) is 24.3 Å². The lowest BCUT2D eigenvalue weighted by Crippen LogP contribution is -2.36. The van der Waals surface area contributed by atoms with Crippen molar-refractivity contribution in [3.8, 4) is 5.75 Å². The van der Waals surface area contributed by atoms with Gasteiger partial charge in [0.05, 0.1) is 6.04 Å². The standard InChI is InChI=1S/C11H11F6NO2/c12-9(13)11(16,17)20-7-3-1-6(2-4-7)8(18)10(14,15)5-19/h1-4,8-9,19H,5,18H2/t8-/m1/s1. The molecule has 0 aromatic heterocycles. The second-order valence-corrected chi connectivity index (χ2v) is 3.93. The van der Waals surface area contributed by atoms with Gasteiger partial charge in [-0.2, -0.15) is 17.6 Å². The lowest BCUT2D eigenvalue weighted by Gasteiger charge is -2.22. The van der Waals surface area contributed by atoms with Crippen molar-refractivity contribution in [3.05, 3.63) is 29.8 Å². The molecule has 1 aromatic carbocycles. The number of benzene rings is 1. The van der Waals surface area contributed by atoms with Crippen LogP contribution in [0.25, 0.3) is 0 Å². The largest absolute Gasteiger partial charge is 0.461 e. The minimum Gasteiger partial charge on any atom is -0.428 e. The van der Waals surface area contributed by atoms with Crippen molar-refractivity contribution in [1.82, 2.24) is 0 Å². The fraction of sp³-hybridized carbons (Fsp3) is 0.455. The molecule has 1 aromatic rings. The molecule has 0 aliphatic heterocycles. The van der Waals surface area contributed by atoms with Crippen LogP contribution in [0, 0.1) is 0 Å². The summed E-state index contributed by atoms with van der Waals surface area (Å²) in [5.41, 5.74) is 5.02. The van der Waals surface area contributed by atoms with Crippen molar-refractivity contribution in [2.24, 2.45) is 5.73 Å². The zero-order valence-corrected chi connectivity index (χ0v) is 9.87. The smallest absolute Gasteiger partial charge is 0.428 e. The van der Waals surface area contributed by atoms with Gasteiger partial charge in [0.25, 0.3) is 5.92 Å². The van der Waals surface area contributed by atoms with Gasteiger partial charge in [0, 0.05) is 0 Å². The molecule has 0 unspecified atom stereocenters. The summed E-state index contributed by atoms with van der Waals surface area (Å²) in [4.78, 5) is 0. The van der Waals surface area contributed by atoms with Gasteiger partial charge in [0.15, 0.2) is 0 Å². The van der Waals surface area contributed by atoms with Crippen LogP contribution in [0.1, 0.15) is 11.6 Å². The average molecular weight is 303 g/mol. The van der Waals surface area contributed by atoms with E-state index in [9.17, 15) is 26.3 Å². The minimum absolute atomic E-state index is 0.170. The van der Waals surface area contributed by atoms with Crippen LogP contribution in [0.15, 0.2) is 24.3 Å². The highest BCUT2D eigenvalue weighted by Crippen LogP contribution is 2.31. The first-order valence-electron chi connectivity index (χ1n) is 5.29. The van der Waals surface area contributed by atoms with E-state index in [-0.39, 0.29) is 5.56 Å². The van der Waals surface area contributed by atoms with Gasteiger partial charge < -0.3 is 15.6 Å². The third-order valence-corrected chi connectivity index (χ3v) is 2.41. The van der Waals surface area contributed by atoms with Crippen molar-refractivity contribution in [1.29, 1.82) is 0 Å². The molecule has 0 radical (unpaired) electrons. The molecule has 3 N–H and O–H groups in total. The summed E-state index contributed by atoms with van der Waals surface area (Å²) >= 11 is 0. The quantitative estimate of drug-likeness (QED) is 0.794. The van der Waals surface area contributed by atoms with Gasteiger partial charge in [0.1, 0.15) is 12.4 Å². The van der Waals surface area contributed by atoms with E-state index in [4.69, 9.17) is 10.8 Å². The van der Waals surface area contributed by atoms with E-state index in [1.165, 1.54) is 0 Å². The first-order chi connectivity index (χ1) is 9.10. The van der Waals surface area contributed by atoms with E-state index < -0.39 is 36.9 Å². The van der Waals surface area contributed by atoms with Crippen LogP contribution in [0.4, 0.5) is 26.3 Å². The zero-order chi connectivity index (χ0) is 15.6. The highest BCUT2D eigenvalue weighted by molar-refractivity contribution is 5.30.